The van der Waals surface area contributed by atoms with E-state index < -0.39 is 5.97 Å². The van der Waals surface area contributed by atoms with E-state index in [2.05, 4.69) is 25.2 Å². The molecule has 1 amide bonds. The van der Waals surface area contributed by atoms with Gasteiger partial charge in [-0.25, -0.2) is 9.42 Å². The van der Waals surface area contributed by atoms with E-state index in [0.29, 0.717) is 33.5 Å². The SMILES string of the molecule is CCOC(=O)c1[nH]c(C)c(C(=O)Nc2cccc3nonc23)c1C. The summed E-state index contributed by atoms with van der Waals surface area (Å²) in [6.45, 7) is 5.41. The van der Waals surface area contributed by atoms with E-state index in [1.54, 1.807) is 39.0 Å². The number of nitrogens with zero attached hydrogens (tertiary/aromatic N) is 2. The molecule has 3 aromatic rings. The number of nitrogens with one attached hydrogen (secondary N) is 2. The number of fused-ring (bicyclic) bond motifs is 1. The van der Waals surface area contributed by atoms with Crippen LogP contribution in [0.2, 0.25) is 0 Å². The van der Waals surface area contributed by atoms with Crippen LogP contribution in [0.5, 0.6) is 0 Å². The molecule has 2 heterocycles. The summed E-state index contributed by atoms with van der Waals surface area (Å²) >= 11 is 0. The molecule has 0 aliphatic carbocycles. The Labute approximate surface area is 137 Å². The van der Waals surface area contributed by atoms with Gasteiger partial charge in [0.2, 0.25) is 0 Å². The maximum atomic E-state index is 12.7. The lowest BCUT2D eigenvalue weighted by Gasteiger charge is -2.06. The number of aryl methyl sites for hydroxylation is 1. The fraction of sp³-hybridized carbons (Fsp3) is 0.250. The van der Waals surface area contributed by atoms with Crippen molar-refractivity contribution in [1.29, 1.82) is 0 Å². The minimum atomic E-state index is -0.486. The van der Waals surface area contributed by atoms with Gasteiger partial charge in [0.05, 0.1) is 17.9 Å². The number of aromatic nitrogens is 3. The Balaban J connectivity index is 1.93. The van der Waals surface area contributed by atoms with Crippen molar-refractivity contribution in [2.24, 2.45) is 0 Å². The topological polar surface area (TPSA) is 110 Å². The number of rotatable bonds is 4. The number of hydrogen-bond acceptors (Lipinski definition) is 6. The predicted octanol–water partition coefficient (Wildman–Crippen LogP) is 2.60. The van der Waals surface area contributed by atoms with E-state index in [1.165, 1.54) is 0 Å². The Hall–Kier alpha value is -3.16. The number of carbonyl (C=O) groups is 2. The molecule has 2 aromatic heterocycles. The highest BCUT2D eigenvalue weighted by Crippen LogP contribution is 2.23. The molecule has 0 aliphatic heterocycles. The highest BCUT2D eigenvalue weighted by atomic mass is 16.6. The Morgan fingerprint density at radius 1 is 1.29 bits per heavy atom. The lowest BCUT2D eigenvalue weighted by Crippen LogP contribution is -2.14. The number of hydrogen-bond donors (Lipinski definition) is 2. The van der Waals surface area contributed by atoms with Crippen molar-refractivity contribution < 1.29 is 19.0 Å². The van der Waals surface area contributed by atoms with E-state index in [9.17, 15) is 9.59 Å². The number of H-pyrrole nitrogens is 1. The van der Waals surface area contributed by atoms with Crippen molar-refractivity contribution in [1.82, 2.24) is 15.3 Å². The van der Waals surface area contributed by atoms with E-state index in [4.69, 9.17) is 4.74 Å². The van der Waals surface area contributed by atoms with Crippen LogP contribution in [-0.4, -0.2) is 33.8 Å². The molecule has 0 spiro atoms. The van der Waals surface area contributed by atoms with Gasteiger partial charge in [-0.05, 0) is 48.8 Å². The molecule has 1 aromatic carbocycles. The van der Waals surface area contributed by atoms with Gasteiger partial charge in [-0.2, -0.15) is 0 Å². The summed E-state index contributed by atoms with van der Waals surface area (Å²) in [4.78, 5) is 27.5. The summed E-state index contributed by atoms with van der Waals surface area (Å²) in [5.41, 5.74) is 3.28. The minimum absolute atomic E-state index is 0.263. The number of amides is 1. The number of carbonyl (C=O) groups excluding carboxylic acids is 2. The van der Waals surface area contributed by atoms with Crippen LogP contribution in [0.3, 0.4) is 0 Å². The molecule has 0 bridgehead atoms. The first-order valence-electron chi connectivity index (χ1n) is 7.41. The smallest absolute Gasteiger partial charge is 0.355 e. The molecule has 8 nitrogen and oxygen atoms in total. The molecule has 124 valence electrons. The zero-order chi connectivity index (χ0) is 17.3. The van der Waals surface area contributed by atoms with Crippen LogP contribution >= 0.6 is 0 Å². The fourth-order valence-corrected chi connectivity index (χ4v) is 2.59. The van der Waals surface area contributed by atoms with Gasteiger partial charge in [-0.15, -0.1) is 0 Å². The van der Waals surface area contributed by atoms with Gasteiger partial charge in [0, 0.05) is 5.69 Å². The zero-order valence-corrected chi connectivity index (χ0v) is 13.5. The first-order valence-corrected chi connectivity index (χ1v) is 7.41. The van der Waals surface area contributed by atoms with Gasteiger partial charge >= 0.3 is 5.97 Å². The Bertz CT molecular complexity index is 925. The van der Waals surface area contributed by atoms with E-state index >= 15 is 0 Å². The van der Waals surface area contributed by atoms with Crippen molar-refractivity contribution >= 4 is 28.6 Å². The molecular weight excluding hydrogens is 312 g/mol. The van der Waals surface area contributed by atoms with Crippen molar-refractivity contribution in [2.45, 2.75) is 20.8 Å². The third-order valence-electron chi connectivity index (χ3n) is 3.68. The minimum Gasteiger partial charge on any atom is -0.461 e. The quantitative estimate of drug-likeness (QED) is 0.712. The molecule has 3 rings (SSSR count). The van der Waals surface area contributed by atoms with Crippen molar-refractivity contribution in [2.75, 3.05) is 11.9 Å². The highest BCUT2D eigenvalue weighted by Gasteiger charge is 2.23. The Kier molecular flexibility index (Phi) is 4.03. The summed E-state index contributed by atoms with van der Waals surface area (Å²) in [6, 6.07) is 5.17. The molecule has 8 heteroatoms. The van der Waals surface area contributed by atoms with E-state index in [-0.39, 0.29) is 18.2 Å². The first kappa shape index (κ1) is 15.7. The van der Waals surface area contributed by atoms with Gasteiger partial charge in [-0.3, -0.25) is 4.79 Å². The normalized spacial score (nSPS) is 10.8. The molecule has 0 unspecified atom stereocenters. The standard InChI is InChI=1S/C16H16N4O4/c1-4-23-16(22)13-8(2)12(9(3)17-13)15(21)18-10-6-5-7-11-14(10)20-24-19-11/h5-7,17H,4H2,1-3H3,(H,18,21). The summed E-state index contributed by atoms with van der Waals surface area (Å²) in [6.07, 6.45) is 0. The molecule has 24 heavy (non-hydrogen) atoms. The van der Waals surface area contributed by atoms with Gasteiger partial charge < -0.3 is 15.0 Å². The zero-order valence-electron chi connectivity index (χ0n) is 13.5. The van der Waals surface area contributed by atoms with Crippen LogP contribution in [0, 0.1) is 13.8 Å². The monoisotopic (exact) mass is 328 g/mol. The second-order valence-corrected chi connectivity index (χ2v) is 5.24. The summed E-state index contributed by atoms with van der Waals surface area (Å²) in [5, 5.41) is 10.3. The van der Waals surface area contributed by atoms with E-state index in [0.717, 1.165) is 0 Å². The summed E-state index contributed by atoms with van der Waals surface area (Å²) in [7, 11) is 0. The first-order chi connectivity index (χ1) is 11.5. The number of ether oxygens (including phenoxy) is 1. The maximum Gasteiger partial charge on any atom is 0.355 e. The van der Waals surface area contributed by atoms with Crippen LogP contribution in [0.1, 0.15) is 39.0 Å². The maximum absolute atomic E-state index is 12.7. The lowest BCUT2D eigenvalue weighted by molar-refractivity contribution is 0.0519. The Morgan fingerprint density at radius 2 is 2.08 bits per heavy atom. The summed E-state index contributed by atoms with van der Waals surface area (Å²) in [5.74, 6) is -0.841. The molecular formula is C16H16N4O4. The van der Waals surface area contributed by atoms with Gasteiger partial charge in [-0.1, -0.05) is 6.07 Å². The lowest BCUT2D eigenvalue weighted by atomic mass is 10.1. The highest BCUT2D eigenvalue weighted by molar-refractivity contribution is 6.10. The average Bonchev–Trinajstić information content (AvgIpc) is 3.12. The van der Waals surface area contributed by atoms with Crippen LogP contribution in [0.4, 0.5) is 5.69 Å². The van der Waals surface area contributed by atoms with Gasteiger partial charge in [0.25, 0.3) is 5.91 Å². The molecule has 0 fully saturated rings. The van der Waals surface area contributed by atoms with Crippen molar-refractivity contribution in [3.8, 4) is 0 Å². The van der Waals surface area contributed by atoms with Crippen molar-refractivity contribution in [3.05, 3.63) is 40.7 Å². The molecule has 0 aliphatic rings. The second kappa shape index (κ2) is 6.15. The number of benzene rings is 1. The Morgan fingerprint density at radius 3 is 2.83 bits per heavy atom. The predicted molar refractivity (Wildman–Crippen MR) is 86.0 cm³/mol. The average molecular weight is 328 g/mol. The summed E-state index contributed by atoms with van der Waals surface area (Å²) < 4.78 is 9.67. The van der Waals surface area contributed by atoms with Crippen LogP contribution in [0.25, 0.3) is 11.0 Å². The van der Waals surface area contributed by atoms with Gasteiger partial charge in [0.15, 0.2) is 5.52 Å². The molecule has 0 radical (unpaired) electrons. The number of aromatic amines is 1. The van der Waals surface area contributed by atoms with Crippen LogP contribution in [-0.2, 0) is 4.74 Å². The second-order valence-electron chi connectivity index (χ2n) is 5.24. The fourth-order valence-electron chi connectivity index (χ4n) is 2.59. The third kappa shape index (κ3) is 2.62. The molecule has 2 N–H and O–H groups in total. The number of anilines is 1. The molecule has 0 saturated heterocycles. The van der Waals surface area contributed by atoms with Crippen LogP contribution < -0.4 is 5.32 Å². The number of esters is 1. The molecule has 0 atom stereocenters. The van der Waals surface area contributed by atoms with E-state index in [1.807, 2.05) is 0 Å². The van der Waals surface area contributed by atoms with Crippen LogP contribution in [0.15, 0.2) is 22.8 Å². The van der Waals surface area contributed by atoms with Crippen molar-refractivity contribution in [3.63, 3.8) is 0 Å². The largest absolute Gasteiger partial charge is 0.461 e. The third-order valence-corrected chi connectivity index (χ3v) is 3.68. The van der Waals surface area contributed by atoms with Gasteiger partial charge in [0.1, 0.15) is 11.2 Å². The molecule has 0 saturated carbocycles.